The van der Waals surface area contributed by atoms with Gasteiger partial charge in [0.15, 0.2) is 5.96 Å². The van der Waals surface area contributed by atoms with Gasteiger partial charge in [-0.2, -0.15) is 0 Å². The minimum absolute atomic E-state index is 0. The Morgan fingerprint density at radius 3 is 2.24 bits per heavy atom. The van der Waals surface area contributed by atoms with E-state index in [4.69, 9.17) is 4.74 Å². The van der Waals surface area contributed by atoms with E-state index in [0.29, 0.717) is 19.5 Å². The summed E-state index contributed by atoms with van der Waals surface area (Å²) in [6, 6.07) is 0. The molecule has 0 amide bonds. The normalized spacial score (nSPS) is 11.9. The van der Waals surface area contributed by atoms with Gasteiger partial charge in [-0.25, -0.2) is 13.1 Å². The van der Waals surface area contributed by atoms with E-state index in [0.717, 1.165) is 44.8 Å². The van der Waals surface area contributed by atoms with Crippen LogP contribution < -0.4 is 15.4 Å². The second kappa shape index (κ2) is 14.8. The van der Waals surface area contributed by atoms with Crippen LogP contribution in [-0.4, -0.2) is 60.5 Å². The van der Waals surface area contributed by atoms with Gasteiger partial charge in [-0.3, -0.25) is 4.99 Å². The molecule has 3 N–H and O–H groups in total. The summed E-state index contributed by atoms with van der Waals surface area (Å²) in [7, 11) is -1.38. The fourth-order valence-corrected chi connectivity index (χ4v) is 1.97. The molecular weight excluding hydrogens is 407 g/mol. The Morgan fingerprint density at radius 2 is 1.71 bits per heavy atom. The molecule has 21 heavy (non-hydrogen) atoms. The van der Waals surface area contributed by atoms with Gasteiger partial charge in [0, 0.05) is 39.9 Å². The summed E-state index contributed by atoms with van der Waals surface area (Å²) >= 11 is 0. The van der Waals surface area contributed by atoms with Crippen molar-refractivity contribution in [3.8, 4) is 0 Å². The van der Waals surface area contributed by atoms with Crippen LogP contribution in [0.5, 0.6) is 0 Å². The zero-order chi connectivity index (χ0) is 15.3. The monoisotopic (exact) mass is 436 g/mol. The molecule has 0 saturated carbocycles. The maximum Gasteiger partial charge on any atom is 0.208 e. The fraction of sp³-hybridized carbons (Fsp3) is 0.917. The molecule has 9 heteroatoms. The molecule has 0 saturated heterocycles. The summed E-state index contributed by atoms with van der Waals surface area (Å²) in [5.41, 5.74) is 0. The van der Waals surface area contributed by atoms with Crippen LogP contribution in [0.25, 0.3) is 0 Å². The number of halogens is 1. The van der Waals surface area contributed by atoms with Crippen molar-refractivity contribution in [1.82, 2.24) is 15.4 Å². The molecule has 0 bridgehead atoms. The minimum Gasteiger partial charge on any atom is -0.382 e. The molecule has 0 unspecified atom stereocenters. The lowest BCUT2D eigenvalue weighted by Crippen LogP contribution is -2.39. The van der Waals surface area contributed by atoms with E-state index in [9.17, 15) is 8.42 Å². The van der Waals surface area contributed by atoms with Crippen LogP contribution in [0.3, 0.4) is 0 Å². The molecule has 0 spiro atoms. The molecule has 0 aliphatic rings. The van der Waals surface area contributed by atoms with Gasteiger partial charge in [-0.15, -0.1) is 24.0 Å². The zero-order valence-electron chi connectivity index (χ0n) is 13.1. The first kappa shape index (κ1) is 23.1. The van der Waals surface area contributed by atoms with E-state index in [1.54, 1.807) is 7.05 Å². The van der Waals surface area contributed by atoms with E-state index < -0.39 is 10.0 Å². The molecule has 0 aliphatic carbocycles. The highest BCUT2D eigenvalue weighted by Gasteiger charge is 2.00. The standard InChI is InChI=1S/C12H28N4O3S.HI/c1-4-19-11-6-5-8-14-12(13-2)15-9-7-10-16-20(3,17)18;/h16H,4-11H2,1-3H3,(H2,13,14,15);1H. The number of ether oxygens (including phenoxy) is 1. The van der Waals surface area contributed by atoms with Gasteiger partial charge in [0.1, 0.15) is 0 Å². The number of guanidine groups is 1. The fourth-order valence-electron chi connectivity index (χ4n) is 1.45. The van der Waals surface area contributed by atoms with Gasteiger partial charge in [0.2, 0.25) is 10.0 Å². The predicted molar refractivity (Wildman–Crippen MR) is 98.0 cm³/mol. The lowest BCUT2D eigenvalue weighted by Gasteiger charge is -2.11. The molecule has 0 fully saturated rings. The lowest BCUT2D eigenvalue weighted by atomic mass is 10.3. The number of nitrogens with zero attached hydrogens (tertiary/aromatic N) is 1. The van der Waals surface area contributed by atoms with Crippen molar-refractivity contribution in [2.45, 2.75) is 26.2 Å². The van der Waals surface area contributed by atoms with Crippen LogP contribution in [0.1, 0.15) is 26.2 Å². The van der Waals surface area contributed by atoms with Crippen molar-refractivity contribution < 1.29 is 13.2 Å². The Balaban J connectivity index is 0. The van der Waals surface area contributed by atoms with Crippen LogP contribution in [0, 0.1) is 0 Å². The predicted octanol–water partition coefficient (Wildman–Crippen LogP) is 0.525. The summed E-state index contributed by atoms with van der Waals surface area (Å²) in [6.45, 7) is 5.48. The quantitative estimate of drug-likeness (QED) is 0.190. The molecule has 128 valence electrons. The van der Waals surface area contributed by atoms with Crippen LogP contribution in [0.4, 0.5) is 0 Å². The van der Waals surface area contributed by atoms with Gasteiger partial charge in [0.05, 0.1) is 6.26 Å². The SMILES string of the molecule is CCOCCCCNC(=NC)NCCCNS(C)(=O)=O.I. The first-order valence-electron chi connectivity index (χ1n) is 6.96. The highest BCUT2D eigenvalue weighted by atomic mass is 127. The Hall–Kier alpha value is -0.130. The van der Waals surface area contributed by atoms with Crippen molar-refractivity contribution in [2.75, 3.05) is 46.2 Å². The molecule has 0 radical (unpaired) electrons. The molecule has 0 aromatic heterocycles. The van der Waals surface area contributed by atoms with Crippen molar-refractivity contribution in [3.05, 3.63) is 0 Å². The Morgan fingerprint density at radius 1 is 1.10 bits per heavy atom. The van der Waals surface area contributed by atoms with Gasteiger partial charge >= 0.3 is 0 Å². The third-order valence-electron chi connectivity index (χ3n) is 2.45. The number of nitrogens with one attached hydrogen (secondary N) is 3. The van der Waals surface area contributed by atoms with Crippen molar-refractivity contribution in [2.24, 2.45) is 4.99 Å². The maximum absolute atomic E-state index is 10.9. The molecule has 0 rings (SSSR count). The van der Waals surface area contributed by atoms with Crippen molar-refractivity contribution in [3.63, 3.8) is 0 Å². The van der Waals surface area contributed by atoms with Gasteiger partial charge in [-0.05, 0) is 26.2 Å². The average Bonchev–Trinajstić information content (AvgIpc) is 2.38. The highest BCUT2D eigenvalue weighted by Crippen LogP contribution is 1.88. The molecule has 0 atom stereocenters. The maximum atomic E-state index is 10.9. The van der Waals surface area contributed by atoms with E-state index in [-0.39, 0.29) is 24.0 Å². The summed E-state index contributed by atoms with van der Waals surface area (Å²) in [4.78, 5) is 4.09. The van der Waals surface area contributed by atoms with Gasteiger partial charge in [-0.1, -0.05) is 0 Å². The van der Waals surface area contributed by atoms with Crippen LogP contribution in [-0.2, 0) is 14.8 Å². The van der Waals surface area contributed by atoms with Gasteiger partial charge < -0.3 is 15.4 Å². The van der Waals surface area contributed by atoms with E-state index in [1.165, 1.54) is 0 Å². The second-order valence-corrected chi connectivity index (χ2v) is 6.18. The first-order chi connectivity index (χ1) is 9.49. The number of hydrogen-bond donors (Lipinski definition) is 3. The average molecular weight is 436 g/mol. The van der Waals surface area contributed by atoms with E-state index in [1.807, 2.05) is 6.92 Å². The smallest absolute Gasteiger partial charge is 0.208 e. The largest absolute Gasteiger partial charge is 0.382 e. The second-order valence-electron chi connectivity index (χ2n) is 4.35. The Bertz CT molecular complexity index is 364. The molecule has 0 heterocycles. The van der Waals surface area contributed by atoms with Crippen LogP contribution in [0.2, 0.25) is 0 Å². The summed E-state index contributed by atoms with van der Waals surface area (Å²) < 4.78 is 29.4. The highest BCUT2D eigenvalue weighted by molar-refractivity contribution is 14.0. The number of rotatable bonds is 11. The topological polar surface area (TPSA) is 91.8 Å². The van der Waals surface area contributed by atoms with E-state index in [2.05, 4.69) is 20.3 Å². The molecule has 7 nitrogen and oxygen atoms in total. The Kier molecular flexibility index (Phi) is 16.3. The summed E-state index contributed by atoms with van der Waals surface area (Å²) in [6.07, 6.45) is 3.91. The van der Waals surface area contributed by atoms with Crippen LogP contribution in [0.15, 0.2) is 4.99 Å². The summed E-state index contributed by atoms with van der Waals surface area (Å²) in [5, 5.41) is 6.33. The number of unbranched alkanes of at least 4 members (excludes halogenated alkanes) is 1. The number of sulfonamides is 1. The molecular formula is C12H29IN4O3S. The van der Waals surface area contributed by atoms with E-state index >= 15 is 0 Å². The van der Waals surface area contributed by atoms with Gasteiger partial charge in [0.25, 0.3) is 0 Å². The minimum atomic E-state index is -3.09. The number of aliphatic imine (C=N–C) groups is 1. The number of hydrogen-bond acceptors (Lipinski definition) is 4. The Labute approximate surface area is 145 Å². The summed E-state index contributed by atoms with van der Waals surface area (Å²) in [5.74, 6) is 0.737. The lowest BCUT2D eigenvalue weighted by molar-refractivity contribution is 0.143. The van der Waals surface area contributed by atoms with Crippen LogP contribution >= 0.6 is 24.0 Å². The first-order valence-corrected chi connectivity index (χ1v) is 8.85. The molecule has 0 aromatic carbocycles. The molecule has 0 aromatic rings. The third kappa shape index (κ3) is 17.8. The molecule has 0 aliphatic heterocycles. The third-order valence-corrected chi connectivity index (χ3v) is 3.17. The van der Waals surface area contributed by atoms with Crippen molar-refractivity contribution in [1.29, 1.82) is 0 Å². The van der Waals surface area contributed by atoms with Crippen molar-refractivity contribution >= 4 is 40.0 Å². The zero-order valence-corrected chi connectivity index (χ0v) is 16.3.